The molecule has 2 atom stereocenters. The molecule has 5 heteroatoms. The van der Waals surface area contributed by atoms with E-state index in [9.17, 15) is 0 Å². The summed E-state index contributed by atoms with van der Waals surface area (Å²) in [6.07, 6.45) is 3.98. The molecule has 0 saturated carbocycles. The Balaban J connectivity index is 1.67. The Bertz CT molecular complexity index is 714. The lowest BCUT2D eigenvalue weighted by Gasteiger charge is -2.28. The topological polar surface area (TPSA) is 40.5 Å². The van der Waals surface area contributed by atoms with Crippen LogP contribution in [-0.2, 0) is 6.54 Å². The van der Waals surface area contributed by atoms with E-state index in [0.29, 0.717) is 5.92 Å². The molecule has 3 heterocycles. The van der Waals surface area contributed by atoms with Gasteiger partial charge in [-0.05, 0) is 42.8 Å². The highest BCUT2D eigenvalue weighted by Crippen LogP contribution is 2.40. The lowest BCUT2D eigenvalue weighted by molar-refractivity contribution is 0.188. The number of hydrogen-bond acceptors (Lipinski definition) is 4. The van der Waals surface area contributed by atoms with Crippen LogP contribution in [0.15, 0.2) is 53.8 Å². The van der Waals surface area contributed by atoms with Crippen LogP contribution < -0.4 is 5.32 Å². The predicted octanol–water partition coefficient (Wildman–Crippen LogP) is 3.65. The Morgan fingerprint density at radius 2 is 2.00 bits per heavy atom. The third kappa shape index (κ3) is 3.17. The summed E-state index contributed by atoms with van der Waals surface area (Å²) in [5.41, 5.74) is 3.65. The molecule has 124 valence electrons. The molecule has 4 nitrogen and oxygen atoms in total. The summed E-state index contributed by atoms with van der Waals surface area (Å²) in [7, 11) is 0. The number of hydrazone groups is 1. The summed E-state index contributed by atoms with van der Waals surface area (Å²) in [5, 5.41) is 11.5. The van der Waals surface area contributed by atoms with Crippen molar-refractivity contribution in [1.29, 1.82) is 0 Å². The van der Waals surface area contributed by atoms with E-state index < -0.39 is 0 Å². The molecule has 0 radical (unpaired) electrons. The maximum atomic E-state index is 6.09. The summed E-state index contributed by atoms with van der Waals surface area (Å²) < 4.78 is 0. The first-order valence-corrected chi connectivity index (χ1v) is 8.89. The molecular formula is C19H21ClN4. The number of nitrogens with zero attached hydrogens (tertiary/aromatic N) is 3. The van der Waals surface area contributed by atoms with Crippen LogP contribution in [0.3, 0.4) is 0 Å². The van der Waals surface area contributed by atoms with Gasteiger partial charge in [-0.25, -0.2) is 0 Å². The molecule has 4 rings (SSSR count). The zero-order valence-corrected chi connectivity index (χ0v) is 14.3. The summed E-state index contributed by atoms with van der Waals surface area (Å²) in [5.74, 6) is 0.463. The van der Waals surface area contributed by atoms with Crippen molar-refractivity contribution >= 4 is 17.3 Å². The molecule has 2 aliphatic rings. The van der Waals surface area contributed by atoms with E-state index in [1.54, 1.807) is 0 Å². The monoisotopic (exact) mass is 340 g/mol. The Morgan fingerprint density at radius 3 is 2.79 bits per heavy atom. The summed E-state index contributed by atoms with van der Waals surface area (Å²) in [4.78, 5) is 4.48. The zero-order valence-electron chi connectivity index (χ0n) is 13.5. The van der Waals surface area contributed by atoms with Crippen LogP contribution in [0.2, 0.25) is 5.02 Å². The van der Waals surface area contributed by atoms with Crippen LogP contribution >= 0.6 is 11.6 Å². The van der Waals surface area contributed by atoms with E-state index >= 15 is 0 Å². The van der Waals surface area contributed by atoms with Crippen molar-refractivity contribution < 1.29 is 0 Å². The molecule has 0 bridgehead atoms. The maximum absolute atomic E-state index is 6.09. The molecule has 2 unspecified atom stereocenters. The highest BCUT2D eigenvalue weighted by Gasteiger charge is 2.38. The Hall–Kier alpha value is -1.91. The molecule has 1 aromatic heterocycles. The molecule has 2 aliphatic heterocycles. The molecule has 2 aromatic rings. The standard InChI is InChI=1S/C19H21ClN4/c20-15-6-4-14(5-7-15)19-17-8-11-21-12-9-18(17)23-24(19)13-16-3-1-2-10-22-16/h1-7,10,17,19,21H,8-9,11-13H2. The van der Waals surface area contributed by atoms with Gasteiger partial charge < -0.3 is 5.32 Å². The van der Waals surface area contributed by atoms with Crippen LogP contribution in [0.1, 0.15) is 30.1 Å². The zero-order chi connectivity index (χ0) is 16.4. The highest BCUT2D eigenvalue weighted by molar-refractivity contribution is 6.30. The van der Waals surface area contributed by atoms with E-state index in [4.69, 9.17) is 16.7 Å². The van der Waals surface area contributed by atoms with E-state index in [2.05, 4.69) is 33.5 Å². The Morgan fingerprint density at radius 1 is 1.12 bits per heavy atom. The second-order valence-electron chi connectivity index (χ2n) is 6.40. The summed E-state index contributed by atoms with van der Waals surface area (Å²) in [6, 6.07) is 14.5. The van der Waals surface area contributed by atoms with Crippen molar-refractivity contribution in [2.45, 2.75) is 25.4 Å². The van der Waals surface area contributed by atoms with Gasteiger partial charge in [0.25, 0.3) is 0 Å². The Labute approximate surface area is 147 Å². The number of aromatic nitrogens is 1. The van der Waals surface area contributed by atoms with Gasteiger partial charge in [0.1, 0.15) is 0 Å². The highest BCUT2D eigenvalue weighted by atomic mass is 35.5. The van der Waals surface area contributed by atoms with Gasteiger partial charge in [-0.2, -0.15) is 5.10 Å². The number of nitrogens with one attached hydrogen (secondary N) is 1. The number of fused-ring (bicyclic) bond motifs is 1. The molecular weight excluding hydrogens is 320 g/mol. The van der Waals surface area contributed by atoms with E-state index in [-0.39, 0.29) is 6.04 Å². The van der Waals surface area contributed by atoms with Gasteiger partial charge in [0.2, 0.25) is 0 Å². The van der Waals surface area contributed by atoms with Crippen molar-refractivity contribution in [3.63, 3.8) is 0 Å². The third-order valence-electron chi connectivity index (χ3n) is 4.84. The normalized spacial score (nSPS) is 23.5. The van der Waals surface area contributed by atoms with Gasteiger partial charge in [0.15, 0.2) is 0 Å². The molecule has 1 N–H and O–H groups in total. The lowest BCUT2D eigenvalue weighted by Crippen LogP contribution is -2.26. The van der Waals surface area contributed by atoms with Crippen molar-refractivity contribution in [3.8, 4) is 0 Å². The fraction of sp³-hybridized carbons (Fsp3) is 0.368. The first-order valence-electron chi connectivity index (χ1n) is 8.51. The van der Waals surface area contributed by atoms with E-state index in [0.717, 1.165) is 43.2 Å². The van der Waals surface area contributed by atoms with Gasteiger partial charge in [0, 0.05) is 35.8 Å². The number of pyridine rings is 1. The first-order chi connectivity index (χ1) is 11.8. The van der Waals surface area contributed by atoms with E-state index in [1.807, 2.05) is 30.5 Å². The van der Waals surface area contributed by atoms with Crippen molar-refractivity contribution in [2.75, 3.05) is 13.1 Å². The molecule has 1 fully saturated rings. The largest absolute Gasteiger partial charge is 0.316 e. The van der Waals surface area contributed by atoms with E-state index in [1.165, 1.54) is 11.3 Å². The number of halogens is 1. The van der Waals surface area contributed by atoms with Crippen LogP contribution in [-0.4, -0.2) is 28.8 Å². The summed E-state index contributed by atoms with van der Waals surface area (Å²) >= 11 is 6.09. The minimum atomic E-state index is 0.263. The van der Waals surface area contributed by atoms with Gasteiger partial charge in [0.05, 0.1) is 18.3 Å². The number of rotatable bonds is 3. The van der Waals surface area contributed by atoms with Gasteiger partial charge in [-0.1, -0.05) is 29.8 Å². The van der Waals surface area contributed by atoms with Gasteiger partial charge in [-0.3, -0.25) is 9.99 Å². The van der Waals surface area contributed by atoms with Crippen molar-refractivity contribution in [1.82, 2.24) is 15.3 Å². The van der Waals surface area contributed by atoms with Crippen LogP contribution in [0.5, 0.6) is 0 Å². The van der Waals surface area contributed by atoms with Crippen molar-refractivity contribution in [3.05, 3.63) is 64.9 Å². The predicted molar refractivity (Wildman–Crippen MR) is 97.0 cm³/mol. The minimum Gasteiger partial charge on any atom is -0.316 e. The quantitative estimate of drug-likeness (QED) is 0.927. The fourth-order valence-corrected chi connectivity index (χ4v) is 3.83. The summed E-state index contributed by atoms with van der Waals surface area (Å²) in [6.45, 7) is 2.80. The van der Waals surface area contributed by atoms with Gasteiger partial charge >= 0.3 is 0 Å². The fourth-order valence-electron chi connectivity index (χ4n) is 3.71. The van der Waals surface area contributed by atoms with Crippen LogP contribution in [0, 0.1) is 5.92 Å². The third-order valence-corrected chi connectivity index (χ3v) is 5.09. The van der Waals surface area contributed by atoms with Crippen molar-refractivity contribution in [2.24, 2.45) is 11.0 Å². The second-order valence-corrected chi connectivity index (χ2v) is 6.84. The smallest absolute Gasteiger partial charge is 0.0806 e. The average Bonchev–Trinajstić information content (AvgIpc) is 2.78. The minimum absolute atomic E-state index is 0.263. The maximum Gasteiger partial charge on any atom is 0.0806 e. The molecule has 0 aliphatic carbocycles. The lowest BCUT2D eigenvalue weighted by atomic mass is 9.87. The molecule has 24 heavy (non-hydrogen) atoms. The number of hydrogen-bond donors (Lipinski definition) is 1. The number of benzene rings is 1. The first kappa shape index (κ1) is 15.6. The van der Waals surface area contributed by atoms with Crippen LogP contribution in [0.4, 0.5) is 0 Å². The van der Waals surface area contributed by atoms with Crippen LogP contribution in [0.25, 0.3) is 0 Å². The average molecular weight is 341 g/mol. The van der Waals surface area contributed by atoms with Gasteiger partial charge in [-0.15, -0.1) is 0 Å². The molecule has 1 aromatic carbocycles. The Kier molecular flexibility index (Phi) is 4.50. The molecule has 1 saturated heterocycles. The second kappa shape index (κ2) is 6.91. The SMILES string of the molecule is Clc1ccc(C2C3CCNCCC3=NN2Cc2ccccn2)cc1. The molecule has 0 spiro atoms. The molecule has 0 amide bonds.